The van der Waals surface area contributed by atoms with E-state index in [9.17, 15) is 9.59 Å². The maximum atomic E-state index is 12.2. The Morgan fingerprint density at radius 1 is 1.33 bits per heavy atom. The minimum absolute atomic E-state index is 0.0501. The third-order valence-corrected chi connectivity index (χ3v) is 3.99. The lowest BCUT2D eigenvalue weighted by atomic mass is 10.1. The molecule has 1 aromatic carbocycles. The number of benzene rings is 1. The average Bonchev–Trinajstić information content (AvgIpc) is 3.01. The molecule has 0 aromatic heterocycles. The van der Waals surface area contributed by atoms with Crippen LogP contribution in [0.3, 0.4) is 0 Å². The number of rotatable bonds is 7. The molecule has 2 rings (SSSR count). The van der Waals surface area contributed by atoms with Gasteiger partial charge in [0.1, 0.15) is 5.75 Å². The van der Waals surface area contributed by atoms with Gasteiger partial charge < -0.3 is 20.3 Å². The van der Waals surface area contributed by atoms with E-state index in [0.717, 1.165) is 30.6 Å². The van der Waals surface area contributed by atoms with Crippen molar-refractivity contribution in [2.24, 2.45) is 0 Å². The van der Waals surface area contributed by atoms with Crippen LogP contribution in [0.5, 0.6) is 5.75 Å². The second kappa shape index (κ2) is 9.15. The first kappa shape index (κ1) is 18.1. The molecule has 1 unspecified atom stereocenters. The van der Waals surface area contributed by atoms with Crippen molar-refractivity contribution in [2.75, 3.05) is 26.2 Å². The second-order valence-electron chi connectivity index (χ2n) is 6.07. The van der Waals surface area contributed by atoms with Crippen LogP contribution in [0.2, 0.25) is 0 Å². The van der Waals surface area contributed by atoms with Gasteiger partial charge in [-0.25, -0.2) is 4.79 Å². The molecule has 6 heteroatoms. The van der Waals surface area contributed by atoms with E-state index in [1.165, 1.54) is 6.92 Å². The Bertz CT molecular complexity index is 562. The number of carbonyl (C=O) groups excluding carboxylic acids is 2. The first-order valence-electron chi connectivity index (χ1n) is 8.60. The smallest absolute Gasteiger partial charge is 0.317 e. The van der Waals surface area contributed by atoms with E-state index in [1.54, 1.807) is 4.90 Å². The number of para-hydroxylation sites is 1. The van der Waals surface area contributed by atoms with Crippen molar-refractivity contribution < 1.29 is 14.3 Å². The first-order valence-corrected chi connectivity index (χ1v) is 8.60. The fourth-order valence-electron chi connectivity index (χ4n) is 2.83. The molecule has 3 amide bonds. The molecule has 6 nitrogen and oxygen atoms in total. The molecule has 1 heterocycles. The van der Waals surface area contributed by atoms with E-state index in [1.807, 2.05) is 24.3 Å². The SMILES string of the molecule is CCCOc1ccccc1CCNC(=O)N1CCC(NC(C)=O)C1. The lowest BCUT2D eigenvalue weighted by molar-refractivity contribution is -0.119. The van der Waals surface area contributed by atoms with Gasteiger partial charge in [-0.2, -0.15) is 0 Å². The fourth-order valence-corrected chi connectivity index (χ4v) is 2.83. The molecule has 2 N–H and O–H groups in total. The molecule has 1 fully saturated rings. The number of carbonyl (C=O) groups is 2. The molecule has 1 aliphatic heterocycles. The van der Waals surface area contributed by atoms with Gasteiger partial charge in [-0.3, -0.25) is 4.79 Å². The minimum Gasteiger partial charge on any atom is -0.493 e. The number of nitrogens with one attached hydrogen (secondary N) is 2. The summed E-state index contributed by atoms with van der Waals surface area (Å²) in [5.74, 6) is 0.839. The van der Waals surface area contributed by atoms with Crippen molar-refractivity contribution in [3.05, 3.63) is 29.8 Å². The summed E-state index contributed by atoms with van der Waals surface area (Å²) in [6.07, 6.45) is 2.50. The Morgan fingerprint density at radius 3 is 2.88 bits per heavy atom. The summed E-state index contributed by atoms with van der Waals surface area (Å²) in [6.45, 7) is 6.08. The van der Waals surface area contributed by atoms with Crippen LogP contribution >= 0.6 is 0 Å². The molecule has 1 aromatic rings. The lowest BCUT2D eigenvalue weighted by Gasteiger charge is -2.18. The largest absolute Gasteiger partial charge is 0.493 e. The molecule has 24 heavy (non-hydrogen) atoms. The van der Waals surface area contributed by atoms with E-state index < -0.39 is 0 Å². The Hall–Kier alpha value is -2.24. The van der Waals surface area contributed by atoms with E-state index in [4.69, 9.17) is 4.74 Å². The van der Waals surface area contributed by atoms with Crippen LogP contribution in [0.4, 0.5) is 4.79 Å². The van der Waals surface area contributed by atoms with Crippen LogP contribution in [-0.2, 0) is 11.2 Å². The zero-order valence-electron chi connectivity index (χ0n) is 14.5. The van der Waals surface area contributed by atoms with Crippen molar-refractivity contribution in [3.8, 4) is 5.75 Å². The predicted molar refractivity (Wildman–Crippen MR) is 93.1 cm³/mol. The quantitative estimate of drug-likeness (QED) is 0.801. The van der Waals surface area contributed by atoms with Gasteiger partial charge in [0.05, 0.1) is 6.61 Å². The predicted octanol–water partition coefficient (Wildman–Crippen LogP) is 1.94. The zero-order valence-corrected chi connectivity index (χ0v) is 14.5. The Labute approximate surface area is 143 Å². The standard InChI is InChI=1S/C18H27N3O3/c1-3-12-24-17-7-5-4-6-15(17)8-10-19-18(23)21-11-9-16(13-21)20-14(2)22/h4-7,16H,3,8-13H2,1-2H3,(H,19,23)(H,20,22). The lowest BCUT2D eigenvalue weighted by Crippen LogP contribution is -2.42. The number of nitrogens with zero attached hydrogens (tertiary/aromatic N) is 1. The maximum Gasteiger partial charge on any atom is 0.317 e. The molecule has 0 spiro atoms. The number of urea groups is 1. The molecule has 0 bridgehead atoms. The van der Waals surface area contributed by atoms with Crippen LogP contribution in [-0.4, -0.2) is 49.1 Å². The van der Waals surface area contributed by atoms with E-state index in [0.29, 0.717) is 26.2 Å². The highest BCUT2D eigenvalue weighted by atomic mass is 16.5. The summed E-state index contributed by atoms with van der Waals surface area (Å²) in [5.41, 5.74) is 1.10. The molecule has 0 radical (unpaired) electrons. The van der Waals surface area contributed by atoms with Crippen molar-refractivity contribution >= 4 is 11.9 Å². The van der Waals surface area contributed by atoms with Gasteiger partial charge in [0.2, 0.25) is 5.91 Å². The second-order valence-corrected chi connectivity index (χ2v) is 6.07. The van der Waals surface area contributed by atoms with Crippen molar-refractivity contribution in [1.82, 2.24) is 15.5 Å². The molecule has 132 valence electrons. The Morgan fingerprint density at radius 2 is 2.12 bits per heavy atom. The van der Waals surface area contributed by atoms with Gasteiger partial charge >= 0.3 is 6.03 Å². The van der Waals surface area contributed by atoms with Crippen molar-refractivity contribution in [1.29, 1.82) is 0 Å². The first-order chi connectivity index (χ1) is 11.6. The molecule has 0 aliphatic carbocycles. The van der Waals surface area contributed by atoms with Crippen LogP contribution in [0.15, 0.2) is 24.3 Å². The Kier molecular flexibility index (Phi) is 6.90. The van der Waals surface area contributed by atoms with E-state index in [-0.39, 0.29) is 18.0 Å². The Balaban J connectivity index is 1.76. The van der Waals surface area contributed by atoms with Gasteiger partial charge in [-0.15, -0.1) is 0 Å². The molecule has 1 atom stereocenters. The van der Waals surface area contributed by atoms with Crippen LogP contribution in [0.1, 0.15) is 32.3 Å². The van der Waals surface area contributed by atoms with Gasteiger partial charge in [0, 0.05) is 32.6 Å². The topological polar surface area (TPSA) is 70.7 Å². The van der Waals surface area contributed by atoms with Crippen molar-refractivity contribution in [2.45, 2.75) is 39.2 Å². The number of hydrogen-bond acceptors (Lipinski definition) is 3. The highest BCUT2D eigenvalue weighted by Gasteiger charge is 2.26. The van der Waals surface area contributed by atoms with Gasteiger partial charge in [0.25, 0.3) is 0 Å². The third kappa shape index (κ3) is 5.44. The monoisotopic (exact) mass is 333 g/mol. The fraction of sp³-hybridized carbons (Fsp3) is 0.556. The highest BCUT2D eigenvalue weighted by molar-refractivity contribution is 5.75. The summed E-state index contributed by atoms with van der Waals surface area (Å²) in [7, 11) is 0. The minimum atomic E-state index is -0.0743. The third-order valence-electron chi connectivity index (χ3n) is 3.99. The normalized spacial score (nSPS) is 16.8. The highest BCUT2D eigenvalue weighted by Crippen LogP contribution is 2.18. The summed E-state index contributed by atoms with van der Waals surface area (Å²) in [5, 5.41) is 5.81. The van der Waals surface area contributed by atoms with Gasteiger partial charge in [0.15, 0.2) is 0 Å². The molecule has 0 saturated carbocycles. The van der Waals surface area contributed by atoms with Crippen LogP contribution in [0, 0.1) is 0 Å². The van der Waals surface area contributed by atoms with Crippen LogP contribution in [0.25, 0.3) is 0 Å². The van der Waals surface area contributed by atoms with Gasteiger partial charge in [-0.05, 0) is 30.9 Å². The van der Waals surface area contributed by atoms with Crippen LogP contribution < -0.4 is 15.4 Å². The number of ether oxygens (including phenoxy) is 1. The molecular weight excluding hydrogens is 306 g/mol. The maximum absolute atomic E-state index is 12.2. The average molecular weight is 333 g/mol. The van der Waals surface area contributed by atoms with E-state index in [2.05, 4.69) is 17.6 Å². The molecular formula is C18H27N3O3. The zero-order chi connectivity index (χ0) is 17.4. The number of hydrogen-bond donors (Lipinski definition) is 2. The molecule has 1 saturated heterocycles. The summed E-state index contributed by atoms with van der Waals surface area (Å²) < 4.78 is 5.73. The van der Waals surface area contributed by atoms with Crippen molar-refractivity contribution in [3.63, 3.8) is 0 Å². The number of likely N-dealkylation sites (tertiary alicyclic amines) is 1. The summed E-state index contributed by atoms with van der Waals surface area (Å²) in [4.78, 5) is 25.0. The summed E-state index contributed by atoms with van der Waals surface area (Å²) >= 11 is 0. The summed E-state index contributed by atoms with van der Waals surface area (Å²) in [6, 6.07) is 7.92. The molecule has 1 aliphatic rings. The van der Waals surface area contributed by atoms with E-state index >= 15 is 0 Å². The number of amides is 3. The van der Waals surface area contributed by atoms with Gasteiger partial charge in [-0.1, -0.05) is 25.1 Å².